The summed E-state index contributed by atoms with van der Waals surface area (Å²) in [4.78, 5) is 11.1. The molecule has 0 aliphatic carbocycles. The molecule has 0 spiro atoms. The molecule has 0 aliphatic heterocycles. The molecule has 0 aromatic rings. The smallest absolute Gasteiger partial charge is 0.451 e. The second-order valence-corrected chi connectivity index (χ2v) is 4.36. The molecule has 0 saturated heterocycles. The van der Waals surface area contributed by atoms with Gasteiger partial charge in [-0.15, -0.1) is 24.8 Å². The Morgan fingerprint density at radius 1 is 1.32 bits per heavy atom. The molecule has 0 saturated carbocycles. The molecule has 0 aliphatic rings. The Morgan fingerprint density at radius 3 is 2.32 bits per heavy atom. The Labute approximate surface area is 127 Å². The number of hydrogen-bond acceptors (Lipinski definition) is 5. The normalized spacial score (nSPS) is 12.8. The second kappa shape index (κ2) is 13.0. The molecule has 0 rings (SSSR count). The molecule has 0 heterocycles. The molecule has 0 bridgehead atoms. The third-order valence-electron chi connectivity index (χ3n) is 2.63. The first kappa shape index (κ1) is 24.0. The van der Waals surface area contributed by atoms with Crippen LogP contribution in [0.5, 0.6) is 0 Å². The Hall–Kier alpha value is -0.0451. The molecule has 116 valence electrons. The maximum Gasteiger partial charge on any atom is 0.451 e. The van der Waals surface area contributed by atoms with Gasteiger partial charge in [0, 0.05) is 6.54 Å². The van der Waals surface area contributed by atoms with Crippen molar-refractivity contribution in [3.8, 4) is 0 Å². The molecular weight excluding hydrogens is 294 g/mol. The number of carboxylic acids is 1. The molecule has 6 nitrogen and oxygen atoms in total. The summed E-state index contributed by atoms with van der Waals surface area (Å²) in [7, 11) is -1.33. The maximum absolute atomic E-state index is 11.1. The van der Waals surface area contributed by atoms with Crippen molar-refractivity contribution in [1.29, 1.82) is 0 Å². The SMILES string of the molecule is CCCNCC(N)(CCCCB(O)O)C(=O)O.Cl.Cl. The molecule has 6 N–H and O–H groups in total. The van der Waals surface area contributed by atoms with Gasteiger partial charge in [-0.25, -0.2) is 0 Å². The van der Waals surface area contributed by atoms with Crippen LogP contribution in [0.1, 0.15) is 32.6 Å². The van der Waals surface area contributed by atoms with Crippen LogP contribution in [0.3, 0.4) is 0 Å². The lowest BCUT2D eigenvalue weighted by atomic mass is 9.82. The van der Waals surface area contributed by atoms with Crippen molar-refractivity contribution in [2.75, 3.05) is 13.1 Å². The summed E-state index contributed by atoms with van der Waals surface area (Å²) in [5, 5.41) is 29.4. The third-order valence-corrected chi connectivity index (χ3v) is 2.63. The number of rotatable bonds is 10. The van der Waals surface area contributed by atoms with E-state index in [0.717, 1.165) is 13.0 Å². The fourth-order valence-electron chi connectivity index (χ4n) is 1.53. The van der Waals surface area contributed by atoms with Crippen LogP contribution < -0.4 is 11.1 Å². The fourth-order valence-corrected chi connectivity index (χ4v) is 1.53. The van der Waals surface area contributed by atoms with E-state index >= 15 is 0 Å². The van der Waals surface area contributed by atoms with Gasteiger partial charge < -0.3 is 26.2 Å². The first-order valence-electron chi connectivity index (χ1n) is 6.01. The minimum Gasteiger partial charge on any atom is -0.480 e. The quantitative estimate of drug-likeness (QED) is 0.291. The van der Waals surface area contributed by atoms with Gasteiger partial charge in [-0.1, -0.05) is 19.8 Å². The largest absolute Gasteiger partial charge is 0.480 e. The van der Waals surface area contributed by atoms with Gasteiger partial charge in [0.05, 0.1) is 0 Å². The molecule has 9 heteroatoms. The molecule has 0 radical (unpaired) electrons. The highest BCUT2D eigenvalue weighted by Crippen LogP contribution is 2.13. The van der Waals surface area contributed by atoms with Crippen molar-refractivity contribution in [2.45, 2.75) is 44.5 Å². The van der Waals surface area contributed by atoms with Gasteiger partial charge in [-0.05, 0) is 25.7 Å². The van der Waals surface area contributed by atoms with Crippen LogP contribution in [0.2, 0.25) is 6.32 Å². The average Bonchev–Trinajstić information content (AvgIpc) is 2.24. The minimum absolute atomic E-state index is 0. The third kappa shape index (κ3) is 11.5. The number of aliphatic carboxylic acids is 1. The van der Waals surface area contributed by atoms with Gasteiger partial charge in [0.15, 0.2) is 0 Å². The van der Waals surface area contributed by atoms with Crippen LogP contribution in [0.25, 0.3) is 0 Å². The highest BCUT2D eigenvalue weighted by molar-refractivity contribution is 6.40. The lowest BCUT2D eigenvalue weighted by molar-refractivity contribution is -0.143. The van der Waals surface area contributed by atoms with E-state index in [-0.39, 0.29) is 37.7 Å². The van der Waals surface area contributed by atoms with Gasteiger partial charge in [0.2, 0.25) is 0 Å². The molecule has 0 aromatic heterocycles. The molecular formula is C10H25BCl2N2O4. The number of halogens is 2. The molecule has 0 aromatic carbocycles. The molecule has 1 atom stereocenters. The summed E-state index contributed by atoms with van der Waals surface area (Å²) >= 11 is 0. The topological polar surface area (TPSA) is 116 Å². The molecule has 19 heavy (non-hydrogen) atoms. The van der Waals surface area contributed by atoms with E-state index < -0.39 is 18.6 Å². The lowest BCUT2D eigenvalue weighted by Gasteiger charge is -2.25. The lowest BCUT2D eigenvalue weighted by Crippen LogP contribution is -2.55. The summed E-state index contributed by atoms with van der Waals surface area (Å²) in [6.07, 6.45) is 2.61. The Kier molecular flexibility index (Phi) is 16.4. The van der Waals surface area contributed by atoms with Crippen molar-refractivity contribution in [2.24, 2.45) is 5.73 Å². The van der Waals surface area contributed by atoms with Gasteiger partial charge in [0.1, 0.15) is 5.54 Å². The van der Waals surface area contributed by atoms with E-state index in [4.69, 9.17) is 20.9 Å². The summed E-state index contributed by atoms with van der Waals surface area (Å²) in [5.74, 6) is -1.02. The van der Waals surface area contributed by atoms with E-state index in [1.54, 1.807) is 0 Å². The Bertz CT molecular complexity index is 238. The number of hydrogen-bond donors (Lipinski definition) is 5. The van der Waals surface area contributed by atoms with Crippen LogP contribution >= 0.6 is 24.8 Å². The second-order valence-electron chi connectivity index (χ2n) is 4.36. The van der Waals surface area contributed by atoms with Crippen LogP contribution in [0.4, 0.5) is 0 Å². The summed E-state index contributed by atoms with van der Waals surface area (Å²) < 4.78 is 0. The average molecular weight is 319 g/mol. The zero-order chi connectivity index (χ0) is 13.3. The molecule has 1 unspecified atom stereocenters. The fraction of sp³-hybridized carbons (Fsp3) is 0.900. The zero-order valence-electron chi connectivity index (χ0n) is 11.2. The first-order chi connectivity index (χ1) is 7.92. The summed E-state index contributed by atoms with van der Waals surface area (Å²) in [6.45, 7) is 2.97. The first-order valence-corrected chi connectivity index (χ1v) is 6.01. The predicted molar refractivity (Wildman–Crippen MR) is 81.1 cm³/mol. The van der Waals surface area contributed by atoms with E-state index in [1.807, 2.05) is 6.92 Å². The van der Waals surface area contributed by atoms with Crippen molar-refractivity contribution in [3.63, 3.8) is 0 Å². The van der Waals surface area contributed by atoms with Gasteiger partial charge in [0.25, 0.3) is 0 Å². The standard InChI is InChI=1S/C10H23BN2O4.2ClH/c1-2-7-13-8-10(12,9(14)15)5-3-4-6-11(16)17;;/h13,16-17H,2-8,12H2,1H3,(H,14,15);2*1H. The van der Waals surface area contributed by atoms with E-state index in [2.05, 4.69) is 5.32 Å². The van der Waals surface area contributed by atoms with Crippen LogP contribution in [0.15, 0.2) is 0 Å². The van der Waals surface area contributed by atoms with E-state index in [1.165, 1.54) is 0 Å². The highest BCUT2D eigenvalue weighted by atomic mass is 35.5. The maximum atomic E-state index is 11.1. The van der Waals surface area contributed by atoms with Crippen molar-refractivity contribution in [1.82, 2.24) is 5.32 Å². The molecule has 0 fully saturated rings. The Balaban J connectivity index is -0.00000128. The van der Waals surface area contributed by atoms with Gasteiger partial charge in [-0.2, -0.15) is 0 Å². The summed E-state index contributed by atoms with van der Waals surface area (Å²) in [6, 6.07) is 0. The minimum atomic E-state index is -1.33. The highest BCUT2D eigenvalue weighted by Gasteiger charge is 2.32. The number of nitrogens with one attached hydrogen (secondary N) is 1. The monoisotopic (exact) mass is 318 g/mol. The van der Waals surface area contributed by atoms with Crippen LogP contribution in [0, 0.1) is 0 Å². The number of nitrogens with two attached hydrogens (primary N) is 1. The van der Waals surface area contributed by atoms with Gasteiger partial charge >= 0.3 is 13.1 Å². The van der Waals surface area contributed by atoms with Crippen molar-refractivity contribution in [3.05, 3.63) is 0 Å². The predicted octanol–water partition coefficient (Wildman–Crippen LogP) is 0.255. The number of unbranched alkanes of at least 4 members (excludes halogenated alkanes) is 1. The van der Waals surface area contributed by atoms with Crippen molar-refractivity contribution < 1.29 is 19.9 Å². The van der Waals surface area contributed by atoms with E-state index in [0.29, 0.717) is 19.3 Å². The Morgan fingerprint density at radius 2 is 1.89 bits per heavy atom. The van der Waals surface area contributed by atoms with E-state index in [9.17, 15) is 4.79 Å². The summed E-state index contributed by atoms with van der Waals surface area (Å²) in [5.41, 5.74) is 4.54. The number of carboxylic acid groups (broad SMARTS) is 1. The molecule has 0 amide bonds. The van der Waals surface area contributed by atoms with Crippen LogP contribution in [-0.4, -0.2) is 46.9 Å². The van der Waals surface area contributed by atoms with Crippen LogP contribution in [-0.2, 0) is 4.79 Å². The number of carbonyl (C=O) groups is 1. The zero-order valence-corrected chi connectivity index (χ0v) is 12.8. The van der Waals surface area contributed by atoms with Gasteiger partial charge in [-0.3, -0.25) is 4.79 Å². The van der Waals surface area contributed by atoms with Crippen molar-refractivity contribution >= 4 is 37.9 Å².